The lowest BCUT2D eigenvalue weighted by molar-refractivity contribution is -0.138. The number of nitrogens with one attached hydrogen (secondary N) is 1. The van der Waals surface area contributed by atoms with Crippen LogP contribution in [0.15, 0.2) is 18.2 Å². The third-order valence-electron chi connectivity index (χ3n) is 2.56. The minimum atomic E-state index is -1.19. The lowest BCUT2D eigenvalue weighted by atomic mass is 10.2. The van der Waals surface area contributed by atoms with Crippen LogP contribution in [0.4, 0.5) is 9.18 Å². The number of hydrogen-bond donors (Lipinski definition) is 2. The van der Waals surface area contributed by atoms with Gasteiger partial charge in [-0.25, -0.2) is 14.0 Å². The number of aliphatic carboxylic acids is 1. The Bertz CT molecular complexity index is 577. The molecule has 8 heteroatoms. The second-order valence-corrected chi connectivity index (χ2v) is 7.20. The molecule has 0 saturated heterocycles. The largest absolute Gasteiger partial charge is 0.480 e. The Morgan fingerprint density at radius 2 is 2.09 bits per heavy atom. The maximum absolute atomic E-state index is 13.7. The topological polar surface area (TPSA) is 75.6 Å². The summed E-state index contributed by atoms with van der Waals surface area (Å²) in [6.07, 6.45) is -0.806. The predicted molar refractivity (Wildman–Crippen MR) is 88.4 cm³/mol. The molecule has 0 aliphatic carbocycles. The summed E-state index contributed by atoms with van der Waals surface area (Å²) in [6, 6.07) is 3.51. The highest BCUT2D eigenvalue weighted by Crippen LogP contribution is 2.22. The van der Waals surface area contributed by atoms with E-state index in [-0.39, 0.29) is 16.5 Å². The lowest BCUT2D eigenvalue weighted by Crippen LogP contribution is -2.44. The number of carboxylic acids is 1. The highest BCUT2D eigenvalue weighted by molar-refractivity contribution is 7.98. The molecule has 5 nitrogen and oxygen atoms in total. The van der Waals surface area contributed by atoms with Crippen molar-refractivity contribution in [3.8, 4) is 0 Å². The molecule has 0 fully saturated rings. The van der Waals surface area contributed by atoms with Crippen molar-refractivity contribution in [2.24, 2.45) is 0 Å². The maximum atomic E-state index is 13.7. The molecule has 1 atom stereocenters. The first kappa shape index (κ1) is 19.6. The highest BCUT2D eigenvalue weighted by atomic mass is 35.5. The molecule has 1 aromatic rings. The number of carboxylic acid groups (broad SMARTS) is 1. The van der Waals surface area contributed by atoms with Crippen molar-refractivity contribution >= 4 is 35.4 Å². The number of benzene rings is 1. The molecule has 23 heavy (non-hydrogen) atoms. The third kappa shape index (κ3) is 7.09. The molecule has 0 radical (unpaired) electrons. The zero-order valence-corrected chi connectivity index (χ0v) is 14.6. The molecule has 0 aromatic heterocycles. The van der Waals surface area contributed by atoms with Gasteiger partial charge < -0.3 is 15.2 Å². The maximum Gasteiger partial charge on any atom is 0.408 e. The van der Waals surface area contributed by atoms with Crippen molar-refractivity contribution in [1.29, 1.82) is 0 Å². The summed E-state index contributed by atoms with van der Waals surface area (Å²) in [5.74, 6) is -1.39. The molecular formula is C15H19ClFNO4S. The minimum absolute atomic E-state index is 0.0183. The smallest absolute Gasteiger partial charge is 0.408 e. The molecule has 1 unspecified atom stereocenters. The number of ether oxygens (including phenoxy) is 1. The van der Waals surface area contributed by atoms with Gasteiger partial charge in [0, 0.05) is 11.5 Å². The SMILES string of the molecule is CC(C)(C)OC(=O)NC(CSCc1cccc(Cl)c1F)C(=O)O. The Hall–Kier alpha value is -1.47. The minimum Gasteiger partial charge on any atom is -0.480 e. The number of rotatable bonds is 6. The van der Waals surface area contributed by atoms with Crippen LogP contribution in [0.3, 0.4) is 0 Å². The van der Waals surface area contributed by atoms with E-state index < -0.39 is 29.5 Å². The fourth-order valence-corrected chi connectivity index (χ4v) is 2.79. The van der Waals surface area contributed by atoms with Crippen LogP contribution in [-0.2, 0) is 15.3 Å². The number of halogens is 2. The van der Waals surface area contributed by atoms with Crippen molar-refractivity contribution in [2.75, 3.05) is 5.75 Å². The molecule has 2 N–H and O–H groups in total. The number of amides is 1. The molecule has 1 rings (SSSR count). The third-order valence-corrected chi connectivity index (χ3v) is 3.94. The van der Waals surface area contributed by atoms with Crippen LogP contribution in [0.2, 0.25) is 5.02 Å². The molecule has 1 aromatic carbocycles. The standard InChI is InChI=1S/C15H19ClFNO4S/c1-15(2,3)22-14(21)18-11(13(19)20)8-23-7-9-5-4-6-10(16)12(9)17/h4-6,11H,7-8H2,1-3H3,(H,18,21)(H,19,20). The molecule has 0 aliphatic heterocycles. The summed E-state index contributed by atoms with van der Waals surface area (Å²) < 4.78 is 18.7. The van der Waals surface area contributed by atoms with Gasteiger partial charge in [0.05, 0.1) is 5.02 Å². The zero-order valence-electron chi connectivity index (χ0n) is 13.1. The molecule has 0 saturated carbocycles. The van der Waals surface area contributed by atoms with E-state index in [1.54, 1.807) is 32.9 Å². The number of alkyl carbamates (subject to hydrolysis) is 1. The lowest BCUT2D eigenvalue weighted by Gasteiger charge is -2.21. The molecule has 1 amide bonds. The van der Waals surface area contributed by atoms with Crippen molar-refractivity contribution in [3.05, 3.63) is 34.6 Å². The van der Waals surface area contributed by atoms with Crippen LogP contribution < -0.4 is 5.32 Å². The number of carbonyl (C=O) groups is 2. The molecule has 128 valence electrons. The zero-order chi connectivity index (χ0) is 17.6. The van der Waals surface area contributed by atoms with E-state index in [0.29, 0.717) is 5.56 Å². The first-order chi connectivity index (χ1) is 10.6. The van der Waals surface area contributed by atoms with Crippen molar-refractivity contribution < 1.29 is 23.8 Å². The van der Waals surface area contributed by atoms with Gasteiger partial charge in [-0.15, -0.1) is 0 Å². The van der Waals surface area contributed by atoms with E-state index in [9.17, 15) is 14.0 Å². The Labute approximate surface area is 143 Å². The van der Waals surface area contributed by atoms with E-state index in [1.807, 2.05) is 0 Å². The first-order valence-electron chi connectivity index (χ1n) is 6.83. The van der Waals surface area contributed by atoms with Crippen molar-refractivity contribution in [3.63, 3.8) is 0 Å². The van der Waals surface area contributed by atoms with Gasteiger partial charge in [-0.05, 0) is 32.4 Å². The van der Waals surface area contributed by atoms with Crippen LogP contribution in [0.5, 0.6) is 0 Å². The van der Waals surface area contributed by atoms with Crippen LogP contribution >= 0.6 is 23.4 Å². The van der Waals surface area contributed by atoms with Gasteiger partial charge in [0.1, 0.15) is 17.5 Å². The van der Waals surface area contributed by atoms with Gasteiger partial charge in [-0.1, -0.05) is 23.7 Å². The van der Waals surface area contributed by atoms with E-state index in [2.05, 4.69) is 5.32 Å². The summed E-state index contributed by atoms with van der Waals surface area (Å²) in [7, 11) is 0. The summed E-state index contributed by atoms with van der Waals surface area (Å²) in [4.78, 5) is 22.8. The van der Waals surface area contributed by atoms with E-state index in [4.69, 9.17) is 21.4 Å². The molecule has 0 heterocycles. The summed E-state index contributed by atoms with van der Waals surface area (Å²) in [6.45, 7) is 5.04. The highest BCUT2D eigenvalue weighted by Gasteiger charge is 2.24. The fourth-order valence-electron chi connectivity index (χ4n) is 1.57. The average Bonchev–Trinajstić information content (AvgIpc) is 2.40. The summed E-state index contributed by atoms with van der Waals surface area (Å²) >= 11 is 6.86. The Kier molecular flexibility index (Phi) is 7.15. The Morgan fingerprint density at radius 1 is 1.43 bits per heavy atom. The number of hydrogen-bond acceptors (Lipinski definition) is 4. The quantitative estimate of drug-likeness (QED) is 0.806. The summed E-state index contributed by atoms with van der Waals surface area (Å²) in [5, 5.41) is 11.4. The fraction of sp³-hybridized carbons (Fsp3) is 0.467. The van der Waals surface area contributed by atoms with E-state index in [1.165, 1.54) is 17.8 Å². The Morgan fingerprint density at radius 3 is 2.65 bits per heavy atom. The van der Waals surface area contributed by atoms with Gasteiger partial charge in [0.2, 0.25) is 0 Å². The number of thioether (sulfide) groups is 1. The van der Waals surface area contributed by atoms with Crippen LogP contribution in [-0.4, -0.2) is 34.6 Å². The predicted octanol–water partition coefficient (Wildman–Crippen LogP) is 3.69. The van der Waals surface area contributed by atoms with Crippen LogP contribution in [0, 0.1) is 5.82 Å². The Balaban J connectivity index is 2.55. The molecule has 0 aliphatic rings. The molecule has 0 spiro atoms. The van der Waals surface area contributed by atoms with E-state index in [0.717, 1.165) is 0 Å². The van der Waals surface area contributed by atoms with Gasteiger partial charge >= 0.3 is 12.1 Å². The van der Waals surface area contributed by atoms with Gasteiger partial charge in [0.25, 0.3) is 0 Å². The van der Waals surface area contributed by atoms with Crippen molar-refractivity contribution in [1.82, 2.24) is 5.32 Å². The first-order valence-corrected chi connectivity index (χ1v) is 8.36. The monoisotopic (exact) mass is 363 g/mol. The van der Waals surface area contributed by atoms with Gasteiger partial charge in [0.15, 0.2) is 0 Å². The molecule has 0 bridgehead atoms. The summed E-state index contributed by atoms with van der Waals surface area (Å²) in [5.41, 5.74) is -0.339. The normalized spacial score (nSPS) is 12.6. The van der Waals surface area contributed by atoms with Gasteiger partial charge in [-0.3, -0.25) is 0 Å². The average molecular weight is 364 g/mol. The van der Waals surface area contributed by atoms with Crippen LogP contribution in [0.25, 0.3) is 0 Å². The molecular weight excluding hydrogens is 345 g/mol. The number of carbonyl (C=O) groups excluding carboxylic acids is 1. The van der Waals surface area contributed by atoms with E-state index >= 15 is 0 Å². The second kappa shape index (κ2) is 8.40. The second-order valence-electron chi connectivity index (χ2n) is 5.77. The van der Waals surface area contributed by atoms with Crippen molar-refractivity contribution in [2.45, 2.75) is 38.2 Å². The van der Waals surface area contributed by atoms with Gasteiger partial charge in [-0.2, -0.15) is 11.8 Å². The van der Waals surface area contributed by atoms with Crippen LogP contribution in [0.1, 0.15) is 26.3 Å².